The molecule has 0 unspecified atom stereocenters. The van der Waals surface area contributed by atoms with Crippen molar-refractivity contribution in [3.8, 4) is 11.4 Å². The van der Waals surface area contributed by atoms with E-state index in [1.54, 1.807) is 19.1 Å². The molecule has 0 saturated carbocycles. The Hall–Kier alpha value is -3.68. The van der Waals surface area contributed by atoms with Gasteiger partial charge in [-0.2, -0.15) is 0 Å². The van der Waals surface area contributed by atoms with E-state index < -0.39 is 4.92 Å². The lowest BCUT2D eigenvalue weighted by molar-refractivity contribution is -0.384. The van der Waals surface area contributed by atoms with Crippen LogP contribution in [0.5, 0.6) is 5.75 Å². The SMILES string of the molecule is CCCc1[nH]n(-c2ccc([N+](=O)[O-])cc2)c(=O)c1C(C)=Nc1ccccc1OCC. The molecule has 3 aromatic rings. The molecule has 30 heavy (non-hydrogen) atoms. The standard InChI is InChI=1S/C22H24N4O4/c1-4-8-19-21(15(3)23-18-9-6-7-10-20(18)30-5-2)22(27)25(24-19)16-11-13-17(14-12-16)26(28)29/h6-7,9-14,24H,4-5,8H2,1-3H3. The minimum atomic E-state index is -0.470. The molecular weight excluding hydrogens is 384 g/mol. The first-order chi connectivity index (χ1) is 14.5. The largest absolute Gasteiger partial charge is 0.492 e. The molecule has 3 rings (SSSR count). The van der Waals surface area contributed by atoms with E-state index in [4.69, 9.17) is 4.74 Å². The molecule has 0 aliphatic heterocycles. The Kier molecular flexibility index (Phi) is 6.46. The second-order valence-electron chi connectivity index (χ2n) is 6.73. The number of aromatic nitrogens is 2. The Labute approximate surface area is 174 Å². The Morgan fingerprint density at radius 2 is 1.87 bits per heavy atom. The number of hydrogen-bond acceptors (Lipinski definition) is 5. The average Bonchev–Trinajstić information content (AvgIpc) is 3.06. The van der Waals surface area contributed by atoms with Crippen LogP contribution in [0.3, 0.4) is 0 Å². The van der Waals surface area contributed by atoms with E-state index in [0.29, 0.717) is 41.4 Å². The molecule has 0 atom stereocenters. The first-order valence-corrected chi connectivity index (χ1v) is 9.82. The van der Waals surface area contributed by atoms with Crippen LogP contribution in [0.2, 0.25) is 0 Å². The molecule has 0 spiro atoms. The fourth-order valence-electron chi connectivity index (χ4n) is 3.26. The fourth-order valence-corrected chi connectivity index (χ4v) is 3.26. The first kappa shape index (κ1) is 21.0. The highest BCUT2D eigenvalue weighted by atomic mass is 16.6. The van der Waals surface area contributed by atoms with Crippen molar-refractivity contribution in [3.63, 3.8) is 0 Å². The predicted octanol–water partition coefficient (Wildman–Crippen LogP) is 4.57. The molecule has 0 aliphatic carbocycles. The van der Waals surface area contributed by atoms with Crippen LogP contribution in [0, 0.1) is 10.1 Å². The third-order valence-corrected chi connectivity index (χ3v) is 4.60. The number of nitrogens with one attached hydrogen (secondary N) is 1. The summed E-state index contributed by atoms with van der Waals surface area (Å²) in [5.74, 6) is 0.655. The summed E-state index contributed by atoms with van der Waals surface area (Å²) in [4.78, 5) is 28.3. The number of ether oxygens (including phenoxy) is 1. The van der Waals surface area contributed by atoms with Crippen LogP contribution >= 0.6 is 0 Å². The fraction of sp³-hybridized carbons (Fsp3) is 0.273. The number of nitro benzene ring substituents is 1. The number of benzene rings is 2. The lowest BCUT2D eigenvalue weighted by atomic mass is 10.1. The zero-order valence-electron chi connectivity index (χ0n) is 17.2. The predicted molar refractivity (Wildman–Crippen MR) is 117 cm³/mol. The highest BCUT2D eigenvalue weighted by Gasteiger charge is 2.18. The molecule has 0 saturated heterocycles. The van der Waals surface area contributed by atoms with Crippen LogP contribution in [-0.4, -0.2) is 27.0 Å². The Morgan fingerprint density at radius 1 is 1.17 bits per heavy atom. The number of nitrogens with zero attached hydrogens (tertiary/aromatic N) is 3. The zero-order valence-corrected chi connectivity index (χ0v) is 17.2. The molecule has 0 fully saturated rings. The van der Waals surface area contributed by atoms with Gasteiger partial charge in [0, 0.05) is 17.8 Å². The van der Waals surface area contributed by atoms with Crippen molar-refractivity contribution in [3.05, 3.63) is 80.3 Å². The smallest absolute Gasteiger partial charge is 0.280 e. The van der Waals surface area contributed by atoms with Crippen LogP contribution in [0.1, 0.15) is 38.4 Å². The molecular formula is C22H24N4O4. The third-order valence-electron chi connectivity index (χ3n) is 4.60. The molecule has 0 aliphatic rings. The molecule has 8 heteroatoms. The van der Waals surface area contributed by atoms with Crippen molar-refractivity contribution in [1.82, 2.24) is 9.78 Å². The van der Waals surface area contributed by atoms with E-state index in [-0.39, 0.29) is 11.2 Å². The number of aryl methyl sites for hydroxylation is 1. The number of H-pyrrole nitrogens is 1. The number of hydrogen-bond donors (Lipinski definition) is 1. The molecule has 156 valence electrons. The summed E-state index contributed by atoms with van der Waals surface area (Å²) in [6.07, 6.45) is 1.51. The number of nitro groups is 1. The van der Waals surface area contributed by atoms with Crippen molar-refractivity contribution in [2.75, 3.05) is 6.61 Å². The van der Waals surface area contributed by atoms with E-state index in [1.807, 2.05) is 38.1 Å². The molecule has 0 bridgehead atoms. The van der Waals surface area contributed by atoms with Crippen LogP contribution in [0.15, 0.2) is 58.3 Å². The Balaban J connectivity index is 2.08. The van der Waals surface area contributed by atoms with Crippen molar-refractivity contribution in [2.45, 2.75) is 33.6 Å². The quantitative estimate of drug-likeness (QED) is 0.335. The molecule has 1 aromatic heterocycles. The van der Waals surface area contributed by atoms with Gasteiger partial charge in [0.2, 0.25) is 0 Å². The topological polar surface area (TPSA) is 103 Å². The van der Waals surface area contributed by atoms with E-state index in [9.17, 15) is 14.9 Å². The maximum atomic E-state index is 13.2. The number of rotatable bonds is 8. The van der Waals surface area contributed by atoms with E-state index in [2.05, 4.69) is 10.1 Å². The maximum Gasteiger partial charge on any atom is 0.280 e. The van der Waals surface area contributed by atoms with Gasteiger partial charge in [0.15, 0.2) is 0 Å². The average molecular weight is 408 g/mol. The summed E-state index contributed by atoms with van der Waals surface area (Å²) in [5, 5.41) is 14.0. The summed E-state index contributed by atoms with van der Waals surface area (Å²) in [6, 6.07) is 13.3. The van der Waals surface area contributed by atoms with Gasteiger partial charge >= 0.3 is 0 Å². The second kappa shape index (κ2) is 9.21. The molecule has 1 N–H and O–H groups in total. The summed E-state index contributed by atoms with van der Waals surface area (Å²) in [6.45, 7) is 6.25. The summed E-state index contributed by atoms with van der Waals surface area (Å²) in [5.41, 5.74) is 2.75. The highest BCUT2D eigenvalue weighted by Crippen LogP contribution is 2.28. The molecule has 8 nitrogen and oxygen atoms in total. The summed E-state index contributed by atoms with van der Waals surface area (Å²) in [7, 11) is 0. The minimum Gasteiger partial charge on any atom is -0.492 e. The number of non-ortho nitro benzene ring substituents is 1. The van der Waals surface area contributed by atoms with Gasteiger partial charge in [-0.15, -0.1) is 0 Å². The van der Waals surface area contributed by atoms with Gasteiger partial charge in [0.05, 0.1) is 28.5 Å². The van der Waals surface area contributed by atoms with E-state index in [0.717, 1.165) is 12.1 Å². The molecule has 1 heterocycles. The molecule has 0 radical (unpaired) electrons. The number of aliphatic imine (C=N–C) groups is 1. The van der Waals surface area contributed by atoms with Crippen LogP contribution in [0.4, 0.5) is 11.4 Å². The third kappa shape index (κ3) is 4.32. The summed E-state index contributed by atoms with van der Waals surface area (Å²) < 4.78 is 7.03. The van der Waals surface area contributed by atoms with Crippen LogP contribution in [-0.2, 0) is 6.42 Å². The van der Waals surface area contributed by atoms with Gasteiger partial charge in [-0.3, -0.25) is 20.0 Å². The lowest BCUT2D eigenvalue weighted by Gasteiger charge is -2.07. The monoisotopic (exact) mass is 408 g/mol. The molecule has 2 aromatic carbocycles. The van der Waals surface area contributed by atoms with Crippen molar-refractivity contribution < 1.29 is 9.66 Å². The second-order valence-corrected chi connectivity index (χ2v) is 6.73. The maximum absolute atomic E-state index is 13.2. The van der Waals surface area contributed by atoms with Gasteiger partial charge in [-0.1, -0.05) is 25.5 Å². The first-order valence-electron chi connectivity index (χ1n) is 9.82. The van der Waals surface area contributed by atoms with Crippen molar-refractivity contribution in [1.29, 1.82) is 0 Å². The highest BCUT2D eigenvalue weighted by molar-refractivity contribution is 6.01. The van der Waals surface area contributed by atoms with Gasteiger partial charge in [-0.05, 0) is 44.5 Å². The minimum absolute atomic E-state index is 0.0300. The van der Waals surface area contributed by atoms with Crippen LogP contribution < -0.4 is 10.3 Å². The van der Waals surface area contributed by atoms with Crippen LogP contribution in [0.25, 0.3) is 5.69 Å². The zero-order chi connectivity index (χ0) is 21.7. The van der Waals surface area contributed by atoms with Crippen molar-refractivity contribution in [2.24, 2.45) is 4.99 Å². The number of para-hydroxylation sites is 2. The molecule has 0 amide bonds. The number of aromatic amines is 1. The van der Waals surface area contributed by atoms with E-state index >= 15 is 0 Å². The normalized spacial score (nSPS) is 11.5. The Bertz CT molecular complexity index is 1130. The lowest BCUT2D eigenvalue weighted by Crippen LogP contribution is -2.19. The van der Waals surface area contributed by atoms with E-state index in [1.165, 1.54) is 16.8 Å². The Morgan fingerprint density at radius 3 is 2.50 bits per heavy atom. The van der Waals surface area contributed by atoms with Gasteiger partial charge < -0.3 is 4.74 Å². The van der Waals surface area contributed by atoms with Crippen molar-refractivity contribution >= 4 is 17.1 Å². The van der Waals surface area contributed by atoms with Gasteiger partial charge in [0.1, 0.15) is 11.4 Å². The van der Waals surface area contributed by atoms with Gasteiger partial charge in [-0.25, -0.2) is 9.67 Å². The summed E-state index contributed by atoms with van der Waals surface area (Å²) >= 11 is 0. The van der Waals surface area contributed by atoms with Gasteiger partial charge in [0.25, 0.3) is 11.2 Å².